The van der Waals surface area contributed by atoms with Crippen LogP contribution in [0.3, 0.4) is 0 Å². The highest BCUT2D eigenvalue weighted by Crippen LogP contribution is 2.20. The van der Waals surface area contributed by atoms with E-state index in [1.165, 1.54) is 11.3 Å². The van der Waals surface area contributed by atoms with Crippen LogP contribution in [0.2, 0.25) is 0 Å². The van der Waals surface area contributed by atoms with Crippen LogP contribution >= 0.6 is 11.3 Å². The van der Waals surface area contributed by atoms with Crippen molar-refractivity contribution in [1.82, 2.24) is 19.8 Å². The minimum atomic E-state index is -0.235. The summed E-state index contributed by atoms with van der Waals surface area (Å²) in [4.78, 5) is 12.9. The molecule has 0 spiro atoms. The number of rotatable bonds is 5. The van der Waals surface area contributed by atoms with E-state index < -0.39 is 0 Å². The van der Waals surface area contributed by atoms with Gasteiger partial charge in [0.1, 0.15) is 5.75 Å². The van der Waals surface area contributed by atoms with E-state index in [1.807, 2.05) is 0 Å². The van der Waals surface area contributed by atoms with Crippen LogP contribution in [0.1, 0.15) is 29.5 Å². The molecule has 0 aliphatic heterocycles. The van der Waals surface area contributed by atoms with Crippen LogP contribution in [0.15, 0.2) is 24.3 Å². The van der Waals surface area contributed by atoms with E-state index in [0.29, 0.717) is 21.4 Å². The van der Waals surface area contributed by atoms with Crippen molar-refractivity contribution in [3.05, 3.63) is 35.7 Å². The average Bonchev–Trinajstić information content (AvgIpc) is 3.09. The Labute approximate surface area is 130 Å². The Hall–Kier alpha value is -2.48. The number of fused-ring (bicyclic) bond motifs is 1. The molecule has 114 valence electrons. The van der Waals surface area contributed by atoms with E-state index in [2.05, 4.69) is 27.5 Å². The molecule has 0 aliphatic rings. The summed E-state index contributed by atoms with van der Waals surface area (Å²) < 4.78 is 6.79. The number of nitrogens with one attached hydrogen (secondary N) is 1. The van der Waals surface area contributed by atoms with Crippen molar-refractivity contribution >= 4 is 27.3 Å². The van der Waals surface area contributed by atoms with Crippen molar-refractivity contribution in [2.75, 3.05) is 12.4 Å². The number of hydrogen-bond donors (Lipinski definition) is 1. The Kier molecular flexibility index (Phi) is 4.01. The first-order valence-electron chi connectivity index (χ1n) is 6.87. The summed E-state index contributed by atoms with van der Waals surface area (Å²) in [6.07, 6.45) is 1.76. The average molecular weight is 317 g/mol. The Bertz CT molecular complexity index is 811. The number of carbonyl (C=O) groups is 1. The molecule has 0 atom stereocenters. The van der Waals surface area contributed by atoms with Gasteiger partial charge in [-0.05, 0) is 24.6 Å². The van der Waals surface area contributed by atoms with Crippen molar-refractivity contribution in [3.8, 4) is 5.75 Å². The maximum atomic E-state index is 12.2. The molecular formula is C14H15N5O2S. The third-order valence-corrected chi connectivity index (χ3v) is 3.90. The molecule has 0 radical (unpaired) electrons. The first-order chi connectivity index (χ1) is 10.7. The minimum absolute atomic E-state index is 0.235. The molecule has 3 aromatic rings. The predicted octanol–water partition coefficient (Wildman–Crippen LogP) is 2.40. The number of benzene rings is 1. The van der Waals surface area contributed by atoms with Gasteiger partial charge in [0, 0.05) is 12.0 Å². The van der Waals surface area contributed by atoms with Crippen molar-refractivity contribution in [2.45, 2.75) is 19.8 Å². The van der Waals surface area contributed by atoms with Gasteiger partial charge in [-0.25, -0.2) is 0 Å². The largest absolute Gasteiger partial charge is 0.497 e. The van der Waals surface area contributed by atoms with E-state index >= 15 is 0 Å². The lowest BCUT2D eigenvalue weighted by Gasteiger charge is -2.03. The summed E-state index contributed by atoms with van der Waals surface area (Å²) in [6.45, 7) is 2.07. The van der Waals surface area contributed by atoms with Gasteiger partial charge in [0.2, 0.25) is 10.1 Å². The fourth-order valence-corrected chi connectivity index (χ4v) is 2.77. The lowest BCUT2D eigenvalue weighted by molar-refractivity contribution is 0.102. The minimum Gasteiger partial charge on any atom is -0.497 e. The van der Waals surface area contributed by atoms with Crippen LogP contribution in [-0.4, -0.2) is 32.8 Å². The van der Waals surface area contributed by atoms with Crippen molar-refractivity contribution in [1.29, 1.82) is 0 Å². The molecule has 2 heterocycles. The topological polar surface area (TPSA) is 81.4 Å². The number of hydrogen-bond acceptors (Lipinski definition) is 6. The van der Waals surface area contributed by atoms with Gasteiger partial charge in [0.15, 0.2) is 5.82 Å². The van der Waals surface area contributed by atoms with E-state index in [4.69, 9.17) is 4.74 Å². The molecule has 0 saturated carbocycles. The lowest BCUT2D eigenvalue weighted by Crippen LogP contribution is -2.12. The third kappa shape index (κ3) is 2.77. The molecule has 0 bridgehead atoms. The lowest BCUT2D eigenvalue weighted by atomic mass is 10.2. The van der Waals surface area contributed by atoms with Gasteiger partial charge in [0.25, 0.3) is 5.91 Å². The van der Waals surface area contributed by atoms with E-state index in [1.54, 1.807) is 35.9 Å². The van der Waals surface area contributed by atoms with Crippen molar-refractivity contribution in [2.24, 2.45) is 0 Å². The standard InChI is InChI=1S/C14H15N5O2S/c1-3-5-11-16-17-14-19(11)18-13(22-14)15-12(20)9-6-4-7-10(8-9)21-2/h4,6-8H,3,5H2,1-2H3,(H,15,18,20). The fourth-order valence-electron chi connectivity index (χ4n) is 2.02. The molecule has 7 nitrogen and oxygen atoms in total. The van der Waals surface area contributed by atoms with Crippen molar-refractivity contribution < 1.29 is 9.53 Å². The smallest absolute Gasteiger partial charge is 0.257 e. The number of carbonyl (C=O) groups excluding carboxylic acids is 1. The zero-order valence-corrected chi connectivity index (χ0v) is 13.1. The second-order valence-corrected chi connectivity index (χ2v) is 5.61. The Morgan fingerprint density at radius 2 is 2.27 bits per heavy atom. The van der Waals surface area contributed by atoms with Gasteiger partial charge in [-0.1, -0.05) is 24.3 Å². The SMILES string of the molecule is CCCc1nnc2sc(NC(=O)c3cccc(OC)c3)nn12. The number of aryl methyl sites for hydroxylation is 1. The number of methoxy groups -OCH3 is 1. The Balaban J connectivity index is 1.81. The van der Waals surface area contributed by atoms with E-state index in [0.717, 1.165) is 18.7 Å². The molecule has 0 aliphatic carbocycles. The molecule has 22 heavy (non-hydrogen) atoms. The maximum absolute atomic E-state index is 12.2. The number of anilines is 1. The molecule has 2 aromatic heterocycles. The molecule has 0 fully saturated rings. The summed E-state index contributed by atoms with van der Waals surface area (Å²) in [6, 6.07) is 6.96. The predicted molar refractivity (Wildman–Crippen MR) is 83.6 cm³/mol. The van der Waals surface area contributed by atoms with Gasteiger partial charge in [0.05, 0.1) is 7.11 Å². The summed E-state index contributed by atoms with van der Waals surface area (Å²) in [7, 11) is 1.56. The highest BCUT2D eigenvalue weighted by molar-refractivity contribution is 7.20. The Morgan fingerprint density at radius 1 is 1.41 bits per heavy atom. The van der Waals surface area contributed by atoms with Gasteiger partial charge < -0.3 is 4.74 Å². The molecule has 1 N–H and O–H groups in total. The monoisotopic (exact) mass is 317 g/mol. The first-order valence-corrected chi connectivity index (χ1v) is 7.69. The zero-order chi connectivity index (χ0) is 15.5. The molecular weight excluding hydrogens is 302 g/mol. The molecule has 1 aromatic carbocycles. The second-order valence-electron chi connectivity index (χ2n) is 4.65. The fraction of sp³-hybridized carbons (Fsp3) is 0.286. The van der Waals surface area contributed by atoms with Crippen LogP contribution in [0, 0.1) is 0 Å². The van der Waals surface area contributed by atoms with Crippen LogP contribution < -0.4 is 10.1 Å². The molecule has 0 saturated heterocycles. The van der Waals surface area contributed by atoms with E-state index in [9.17, 15) is 4.79 Å². The number of aromatic nitrogens is 4. The quantitative estimate of drug-likeness (QED) is 0.781. The number of ether oxygens (including phenoxy) is 1. The zero-order valence-electron chi connectivity index (χ0n) is 12.2. The second kappa shape index (κ2) is 6.10. The maximum Gasteiger partial charge on any atom is 0.257 e. The van der Waals surface area contributed by atoms with Crippen molar-refractivity contribution in [3.63, 3.8) is 0 Å². The summed E-state index contributed by atoms with van der Waals surface area (Å²) in [5, 5.41) is 15.8. The molecule has 0 unspecified atom stereocenters. The summed E-state index contributed by atoms with van der Waals surface area (Å²) in [5.41, 5.74) is 0.513. The molecule has 1 amide bonds. The van der Waals surface area contributed by atoms with Gasteiger partial charge >= 0.3 is 0 Å². The van der Waals surface area contributed by atoms with E-state index in [-0.39, 0.29) is 5.91 Å². The first kappa shape index (κ1) is 14.5. The molecule has 3 rings (SSSR count). The third-order valence-electron chi connectivity index (χ3n) is 3.08. The van der Waals surface area contributed by atoms with Gasteiger partial charge in [-0.2, -0.15) is 4.52 Å². The van der Waals surface area contributed by atoms with Gasteiger partial charge in [-0.3, -0.25) is 10.1 Å². The Morgan fingerprint density at radius 3 is 3.05 bits per heavy atom. The highest BCUT2D eigenvalue weighted by atomic mass is 32.1. The number of amides is 1. The normalized spacial score (nSPS) is 10.8. The van der Waals surface area contributed by atoms with Crippen LogP contribution in [0.25, 0.3) is 4.96 Å². The highest BCUT2D eigenvalue weighted by Gasteiger charge is 2.14. The summed E-state index contributed by atoms with van der Waals surface area (Å²) >= 11 is 1.29. The van der Waals surface area contributed by atoms with Crippen LogP contribution in [0.4, 0.5) is 5.13 Å². The molecule has 8 heteroatoms. The summed E-state index contributed by atoms with van der Waals surface area (Å²) in [5.74, 6) is 1.20. The number of nitrogens with zero attached hydrogens (tertiary/aromatic N) is 4. The van der Waals surface area contributed by atoms with Crippen LogP contribution in [-0.2, 0) is 6.42 Å². The van der Waals surface area contributed by atoms with Gasteiger partial charge in [-0.15, -0.1) is 15.3 Å². The van der Waals surface area contributed by atoms with Crippen LogP contribution in [0.5, 0.6) is 5.75 Å².